The van der Waals surface area contributed by atoms with E-state index < -0.39 is 27.6 Å². The van der Waals surface area contributed by atoms with Gasteiger partial charge in [0.05, 0.1) is 31.0 Å². The number of nitrogens with one attached hydrogen (secondary N) is 1. The van der Waals surface area contributed by atoms with Crippen LogP contribution in [0.5, 0.6) is 10.9 Å². The first-order chi connectivity index (χ1) is 13.2. The van der Waals surface area contributed by atoms with Crippen LogP contribution in [0.1, 0.15) is 45.7 Å². The minimum atomic E-state index is -1.34. The molecule has 3 rings (SSSR count). The minimum absolute atomic E-state index is 0.0694. The van der Waals surface area contributed by atoms with E-state index >= 15 is 4.39 Å². The Labute approximate surface area is 175 Å². The number of nitrogens with zero attached hydrogens (tertiary/aromatic N) is 1. The molecule has 28 heavy (non-hydrogen) atoms. The van der Waals surface area contributed by atoms with Gasteiger partial charge in [0.15, 0.2) is 11.6 Å². The Hall–Kier alpha value is -1.54. The van der Waals surface area contributed by atoms with E-state index in [9.17, 15) is 4.21 Å². The summed E-state index contributed by atoms with van der Waals surface area (Å²) in [6.07, 6.45) is 0.556. The SMILES string of the molecule is CC[C@@H](N[S@](=O)C(C)(C)C)c1ccc(Cl)c(Oc2nc3ccccc3s2)c1F. The van der Waals surface area contributed by atoms with Gasteiger partial charge in [-0.1, -0.05) is 48.1 Å². The van der Waals surface area contributed by atoms with Crippen LogP contribution in [0.2, 0.25) is 5.02 Å². The van der Waals surface area contributed by atoms with Crippen LogP contribution >= 0.6 is 22.9 Å². The van der Waals surface area contributed by atoms with Gasteiger partial charge in [-0.05, 0) is 45.4 Å². The zero-order valence-corrected chi connectivity index (χ0v) is 18.5. The third-order valence-electron chi connectivity index (χ3n) is 4.13. The second-order valence-corrected chi connectivity index (χ2v) is 10.7. The lowest BCUT2D eigenvalue weighted by atomic mass is 10.0. The predicted octanol–water partition coefficient (Wildman–Crippen LogP) is 6.38. The topological polar surface area (TPSA) is 51.2 Å². The molecule has 0 fully saturated rings. The molecular formula is C20H22ClFN2O2S2. The summed E-state index contributed by atoms with van der Waals surface area (Å²) in [5.74, 6) is -0.642. The fraction of sp³-hybridized carbons (Fsp3) is 0.350. The van der Waals surface area contributed by atoms with Crippen LogP contribution in [-0.2, 0) is 11.0 Å². The third kappa shape index (κ3) is 4.54. The number of hydrogen-bond donors (Lipinski definition) is 1. The lowest BCUT2D eigenvalue weighted by Gasteiger charge is -2.24. The Morgan fingerprint density at radius 3 is 2.64 bits per heavy atom. The molecule has 150 valence electrons. The second-order valence-electron chi connectivity index (χ2n) is 7.29. The summed E-state index contributed by atoms with van der Waals surface area (Å²) < 4.78 is 37.0. The van der Waals surface area contributed by atoms with Gasteiger partial charge in [-0.15, -0.1) is 0 Å². The van der Waals surface area contributed by atoms with Crippen molar-refractivity contribution in [3.05, 3.63) is 52.8 Å². The molecule has 3 aromatic rings. The first kappa shape index (κ1) is 21.2. The number of benzene rings is 2. The van der Waals surface area contributed by atoms with Gasteiger partial charge in [0.2, 0.25) is 0 Å². The van der Waals surface area contributed by atoms with Crippen molar-refractivity contribution < 1.29 is 13.3 Å². The maximum Gasteiger partial charge on any atom is 0.279 e. The highest BCUT2D eigenvalue weighted by Gasteiger charge is 2.26. The zero-order valence-electron chi connectivity index (χ0n) is 16.1. The first-order valence-electron chi connectivity index (χ1n) is 8.90. The quantitative estimate of drug-likeness (QED) is 0.483. The Bertz CT molecular complexity index is 984. The predicted molar refractivity (Wildman–Crippen MR) is 115 cm³/mol. The Kier molecular flexibility index (Phi) is 6.39. The van der Waals surface area contributed by atoms with Crippen molar-refractivity contribution in [3.63, 3.8) is 0 Å². The standard InChI is InChI=1S/C20H22ClFN2O2S2/c1-5-14(24-28(25)20(2,3)4)12-10-11-13(21)18(17(12)22)26-19-23-15-8-6-7-9-16(15)27-19/h6-11,14,24H,5H2,1-4H3/t14-,28-/m1/s1. The number of halogens is 2. The number of hydrogen-bond acceptors (Lipinski definition) is 4. The van der Waals surface area contributed by atoms with Crippen LogP contribution in [0.15, 0.2) is 36.4 Å². The summed E-state index contributed by atoms with van der Waals surface area (Å²) in [4.78, 5) is 4.37. The molecule has 0 spiro atoms. The highest BCUT2D eigenvalue weighted by Crippen LogP contribution is 2.39. The summed E-state index contributed by atoms with van der Waals surface area (Å²) in [7, 11) is -1.34. The smallest absolute Gasteiger partial charge is 0.279 e. The summed E-state index contributed by atoms with van der Waals surface area (Å²) in [5.41, 5.74) is 1.14. The van der Waals surface area contributed by atoms with Crippen molar-refractivity contribution in [2.24, 2.45) is 0 Å². The number of aromatic nitrogens is 1. The molecule has 0 bridgehead atoms. The van der Waals surface area contributed by atoms with E-state index in [4.69, 9.17) is 16.3 Å². The van der Waals surface area contributed by atoms with Crippen LogP contribution in [0, 0.1) is 5.82 Å². The normalized spacial score (nSPS) is 14.2. The van der Waals surface area contributed by atoms with Gasteiger partial charge in [-0.2, -0.15) is 0 Å². The molecule has 2 atom stereocenters. The Balaban J connectivity index is 1.93. The van der Waals surface area contributed by atoms with Crippen molar-refractivity contribution in [3.8, 4) is 10.9 Å². The molecule has 1 heterocycles. The van der Waals surface area contributed by atoms with E-state index in [0.717, 1.165) is 10.2 Å². The molecule has 1 aromatic heterocycles. The largest absolute Gasteiger partial charge is 0.426 e. The monoisotopic (exact) mass is 440 g/mol. The van der Waals surface area contributed by atoms with Crippen LogP contribution < -0.4 is 9.46 Å². The van der Waals surface area contributed by atoms with Crippen molar-refractivity contribution in [1.29, 1.82) is 0 Å². The average molecular weight is 441 g/mol. The molecule has 0 aliphatic carbocycles. The van der Waals surface area contributed by atoms with Crippen molar-refractivity contribution >= 4 is 44.1 Å². The van der Waals surface area contributed by atoms with E-state index in [0.29, 0.717) is 17.2 Å². The average Bonchev–Trinajstić information content (AvgIpc) is 3.05. The maximum atomic E-state index is 15.3. The van der Waals surface area contributed by atoms with E-state index in [2.05, 4.69) is 9.71 Å². The van der Waals surface area contributed by atoms with Crippen molar-refractivity contribution in [1.82, 2.24) is 9.71 Å². The van der Waals surface area contributed by atoms with Gasteiger partial charge in [0.25, 0.3) is 5.19 Å². The fourth-order valence-electron chi connectivity index (χ4n) is 2.57. The van der Waals surface area contributed by atoms with E-state index in [-0.39, 0.29) is 10.8 Å². The molecule has 4 nitrogen and oxygen atoms in total. The van der Waals surface area contributed by atoms with Crippen molar-refractivity contribution in [2.75, 3.05) is 0 Å². The van der Waals surface area contributed by atoms with Gasteiger partial charge < -0.3 is 4.74 Å². The zero-order chi connectivity index (χ0) is 20.5. The lowest BCUT2D eigenvalue weighted by Crippen LogP contribution is -2.35. The number of rotatable bonds is 6. The molecule has 0 aliphatic heterocycles. The molecule has 0 saturated carbocycles. The number of ether oxygens (including phenoxy) is 1. The molecule has 0 unspecified atom stereocenters. The molecule has 0 saturated heterocycles. The number of fused-ring (bicyclic) bond motifs is 1. The Morgan fingerprint density at radius 2 is 2.00 bits per heavy atom. The van der Waals surface area contributed by atoms with Gasteiger partial charge in [-0.25, -0.2) is 18.3 Å². The Morgan fingerprint density at radius 1 is 1.29 bits per heavy atom. The van der Waals surface area contributed by atoms with Crippen LogP contribution in [0.4, 0.5) is 4.39 Å². The molecule has 0 aliphatic rings. The summed E-state index contributed by atoms with van der Waals surface area (Å²) in [5, 5.41) is 0.478. The first-order valence-corrected chi connectivity index (χ1v) is 11.2. The molecule has 8 heteroatoms. The number of thiazole rings is 1. The lowest BCUT2D eigenvalue weighted by molar-refractivity contribution is 0.431. The van der Waals surface area contributed by atoms with E-state index in [1.807, 2.05) is 52.0 Å². The molecule has 0 radical (unpaired) electrons. The minimum Gasteiger partial charge on any atom is -0.426 e. The summed E-state index contributed by atoms with van der Waals surface area (Å²) >= 11 is 7.53. The van der Waals surface area contributed by atoms with Crippen molar-refractivity contribution in [2.45, 2.75) is 44.9 Å². The highest BCUT2D eigenvalue weighted by atomic mass is 35.5. The van der Waals surface area contributed by atoms with Crippen LogP contribution in [0.25, 0.3) is 10.2 Å². The molecule has 2 aromatic carbocycles. The number of para-hydroxylation sites is 1. The maximum absolute atomic E-state index is 15.3. The summed E-state index contributed by atoms with van der Waals surface area (Å²) in [6.45, 7) is 7.49. The van der Waals surface area contributed by atoms with Gasteiger partial charge in [0, 0.05) is 11.6 Å². The van der Waals surface area contributed by atoms with Crippen LogP contribution in [-0.4, -0.2) is 13.9 Å². The summed E-state index contributed by atoms with van der Waals surface area (Å²) in [6, 6.07) is 10.3. The van der Waals surface area contributed by atoms with E-state index in [1.165, 1.54) is 11.3 Å². The van der Waals surface area contributed by atoms with Gasteiger partial charge in [-0.3, -0.25) is 0 Å². The molecular weight excluding hydrogens is 419 g/mol. The molecule has 1 N–H and O–H groups in total. The van der Waals surface area contributed by atoms with Gasteiger partial charge in [0.1, 0.15) is 0 Å². The van der Waals surface area contributed by atoms with E-state index in [1.54, 1.807) is 12.1 Å². The third-order valence-corrected chi connectivity index (χ3v) is 6.95. The highest BCUT2D eigenvalue weighted by molar-refractivity contribution is 7.84. The van der Waals surface area contributed by atoms with Gasteiger partial charge >= 0.3 is 0 Å². The fourth-order valence-corrected chi connectivity index (χ4v) is 4.48. The second kappa shape index (κ2) is 8.45. The molecule has 0 amide bonds. The van der Waals surface area contributed by atoms with Crippen LogP contribution in [0.3, 0.4) is 0 Å².